The molecule has 0 saturated carbocycles. The van der Waals surface area contributed by atoms with E-state index in [1.807, 2.05) is 30.3 Å². The van der Waals surface area contributed by atoms with Crippen LogP contribution in [0.15, 0.2) is 35.9 Å². The second-order valence-electron chi connectivity index (χ2n) is 3.50. The van der Waals surface area contributed by atoms with Gasteiger partial charge in [0.05, 0.1) is 0 Å². The van der Waals surface area contributed by atoms with Crippen LogP contribution in [0.5, 0.6) is 0 Å². The maximum absolute atomic E-state index is 11.6. The molecule has 78 valence electrons. The van der Waals surface area contributed by atoms with Gasteiger partial charge in [0.1, 0.15) is 0 Å². The summed E-state index contributed by atoms with van der Waals surface area (Å²) in [4.78, 5) is 13.8. The van der Waals surface area contributed by atoms with Crippen molar-refractivity contribution in [2.24, 2.45) is 0 Å². The van der Waals surface area contributed by atoms with E-state index in [2.05, 4.69) is 4.90 Å². The number of rotatable bonds is 2. The Labute approximate surface area is 94.2 Å². The average Bonchev–Trinajstić information content (AvgIpc) is 2.29. The molecule has 15 heavy (non-hydrogen) atoms. The van der Waals surface area contributed by atoms with Crippen LogP contribution in [0.1, 0.15) is 16.8 Å². The Morgan fingerprint density at radius 2 is 2.20 bits per heavy atom. The number of carbonyl (C=O) groups is 1. The van der Waals surface area contributed by atoms with Crippen molar-refractivity contribution in [3.63, 3.8) is 0 Å². The number of halogens is 1. The number of ketones is 1. The zero-order valence-electron chi connectivity index (χ0n) is 8.32. The minimum absolute atomic E-state index is 0.233. The van der Waals surface area contributed by atoms with Gasteiger partial charge in [-0.05, 0) is 12.1 Å². The molecule has 0 radical (unpaired) electrons. The first-order valence-electron chi connectivity index (χ1n) is 4.95. The van der Waals surface area contributed by atoms with Gasteiger partial charge in [-0.2, -0.15) is 0 Å². The minimum Gasteiger partial charge on any atom is -0.367 e. The van der Waals surface area contributed by atoms with Gasteiger partial charge in [0.15, 0.2) is 5.78 Å². The van der Waals surface area contributed by atoms with Gasteiger partial charge in [0, 0.05) is 36.3 Å². The van der Waals surface area contributed by atoms with Crippen LogP contribution in [0, 0.1) is 0 Å². The van der Waals surface area contributed by atoms with Crippen LogP contribution >= 0.6 is 11.6 Å². The maximum atomic E-state index is 11.6. The Morgan fingerprint density at radius 3 is 3.00 bits per heavy atom. The van der Waals surface area contributed by atoms with Crippen LogP contribution < -0.4 is 4.90 Å². The molecule has 1 aliphatic heterocycles. The number of nitrogens with zero attached hydrogens (tertiary/aromatic N) is 1. The van der Waals surface area contributed by atoms with Gasteiger partial charge in [-0.25, -0.2) is 0 Å². The van der Waals surface area contributed by atoms with Crippen molar-refractivity contribution in [3.05, 3.63) is 41.4 Å². The van der Waals surface area contributed by atoms with Gasteiger partial charge in [-0.1, -0.05) is 29.8 Å². The Balaban J connectivity index is 2.31. The van der Waals surface area contributed by atoms with Crippen molar-refractivity contribution in [3.8, 4) is 0 Å². The zero-order chi connectivity index (χ0) is 10.7. The van der Waals surface area contributed by atoms with E-state index in [-0.39, 0.29) is 5.78 Å². The Bertz CT molecular complexity index is 400. The highest BCUT2D eigenvalue weighted by molar-refractivity contribution is 6.25. The fourth-order valence-electron chi connectivity index (χ4n) is 1.83. The largest absolute Gasteiger partial charge is 0.367 e. The van der Waals surface area contributed by atoms with Gasteiger partial charge in [-0.3, -0.25) is 4.79 Å². The van der Waals surface area contributed by atoms with Crippen LogP contribution in [0.3, 0.4) is 0 Å². The third-order valence-electron chi connectivity index (χ3n) is 2.57. The first kappa shape index (κ1) is 10.2. The number of benzene rings is 1. The summed E-state index contributed by atoms with van der Waals surface area (Å²) in [5, 5.41) is 0. The maximum Gasteiger partial charge on any atom is 0.166 e. The van der Waals surface area contributed by atoms with Gasteiger partial charge < -0.3 is 4.90 Å². The van der Waals surface area contributed by atoms with Crippen molar-refractivity contribution in [2.75, 3.05) is 18.0 Å². The molecule has 1 aromatic carbocycles. The summed E-state index contributed by atoms with van der Waals surface area (Å²) in [6.07, 6.45) is 2.47. The highest BCUT2D eigenvalue weighted by atomic mass is 35.5. The van der Waals surface area contributed by atoms with Gasteiger partial charge >= 0.3 is 0 Å². The van der Waals surface area contributed by atoms with E-state index in [9.17, 15) is 4.79 Å². The van der Waals surface area contributed by atoms with Crippen LogP contribution in [0.2, 0.25) is 0 Å². The van der Waals surface area contributed by atoms with Crippen LogP contribution in [0.25, 0.3) is 0 Å². The fraction of sp³-hybridized carbons (Fsp3) is 0.250. The molecule has 2 rings (SSSR count). The topological polar surface area (TPSA) is 20.3 Å². The van der Waals surface area contributed by atoms with Crippen LogP contribution in [-0.4, -0.2) is 18.9 Å². The van der Waals surface area contributed by atoms with Crippen molar-refractivity contribution >= 4 is 23.1 Å². The highest BCUT2D eigenvalue weighted by Gasteiger charge is 2.21. The molecule has 0 N–H and O–H groups in total. The number of hydrogen-bond donors (Lipinski definition) is 0. The van der Waals surface area contributed by atoms with Crippen molar-refractivity contribution in [1.29, 1.82) is 0 Å². The lowest BCUT2D eigenvalue weighted by atomic mass is 10.0. The fourth-order valence-corrected chi connectivity index (χ4v) is 1.91. The lowest BCUT2D eigenvalue weighted by Crippen LogP contribution is -2.32. The lowest BCUT2D eigenvalue weighted by Gasteiger charge is -2.29. The van der Waals surface area contributed by atoms with Crippen LogP contribution in [-0.2, 0) is 0 Å². The van der Waals surface area contributed by atoms with Crippen molar-refractivity contribution in [2.45, 2.75) is 6.42 Å². The van der Waals surface area contributed by atoms with E-state index >= 15 is 0 Å². The van der Waals surface area contributed by atoms with Gasteiger partial charge in [-0.15, -0.1) is 0 Å². The second-order valence-corrected chi connectivity index (χ2v) is 3.75. The summed E-state index contributed by atoms with van der Waals surface area (Å²) in [6, 6.07) is 7.72. The molecule has 1 heterocycles. The van der Waals surface area contributed by atoms with E-state index < -0.39 is 0 Å². The smallest absolute Gasteiger partial charge is 0.166 e. The van der Waals surface area contributed by atoms with Crippen molar-refractivity contribution < 1.29 is 4.79 Å². The molecule has 0 spiro atoms. The molecule has 0 atom stereocenters. The van der Waals surface area contributed by atoms with E-state index in [0.29, 0.717) is 6.42 Å². The Kier molecular flexibility index (Phi) is 3.07. The molecule has 2 nitrogen and oxygen atoms in total. The van der Waals surface area contributed by atoms with Gasteiger partial charge in [0.2, 0.25) is 0 Å². The summed E-state index contributed by atoms with van der Waals surface area (Å²) >= 11 is 5.50. The molecule has 0 fully saturated rings. The summed E-state index contributed by atoms with van der Waals surface area (Å²) < 4.78 is 0. The molecule has 1 aliphatic rings. The molecule has 0 unspecified atom stereocenters. The molecule has 0 saturated heterocycles. The van der Waals surface area contributed by atoms with E-state index in [1.165, 1.54) is 5.54 Å². The minimum atomic E-state index is 0.233. The number of fused-ring (bicyclic) bond motifs is 1. The number of para-hydroxylation sites is 1. The summed E-state index contributed by atoms with van der Waals surface area (Å²) in [6.45, 7) is 1.53. The van der Waals surface area contributed by atoms with Crippen LogP contribution in [0.4, 0.5) is 5.69 Å². The monoisotopic (exact) mass is 221 g/mol. The molecular weight excluding hydrogens is 210 g/mol. The predicted molar refractivity (Wildman–Crippen MR) is 62.6 cm³/mol. The number of hydrogen-bond acceptors (Lipinski definition) is 2. The Hall–Kier alpha value is -1.28. The predicted octanol–water partition coefficient (Wildman–Crippen LogP) is 2.83. The highest BCUT2D eigenvalue weighted by Crippen LogP contribution is 2.26. The zero-order valence-corrected chi connectivity index (χ0v) is 9.07. The second kappa shape index (κ2) is 4.49. The normalized spacial score (nSPS) is 15.8. The van der Waals surface area contributed by atoms with E-state index in [0.717, 1.165) is 24.3 Å². The molecule has 1 aromatic rings. The summed E-state index contributed by atoms with van der Waals surface area (Å²) in [5.41, 5.74) is 3.36. The Morgan fingerprint density at radius 1 is 1.40 bits per heavy atom. The summed E-state index contributed by atoms with van der Waals surface area (Å²) in [7, 11) is 0. The number of anilines is 1. The molecule has 0 aromatic heterocycles. The summed E-state index contributed by atoms with van der Waals surface area (Å²) in [5.74, 6) is 0.233. The van der Waals surface area contributed by atoms with E-state index in [4.69, 9.17) is 11.6 Å². The average molecular weight is 222 g/mol. The van der Waals surface area contributed by atoms with E-state index in [1.54, 1.807) is 0 Å². The molecule has 0 bridgehead atoms. The van der Waals surface area contributed by atoms with Crippen molar-refractivity contribution in [1.82, 2.24) is 0 Å². The molecule has 3 heteroatoms. The standard InChI is InChI=1S/C12H12ClNO/c13-7-3-8-14-9-6-12(15)10-4-1-2-5-11(10)14/h1-5,7H,6,8-9H2. The van der Waals surface area contributed by atoms with Gasteiger partial charge in [0.25, 0.3) is 0 Å². The lowest BCUT2D eigenvalue weighted by molar-refractivity contribution is 0.0980. The third-order valence-corrected chi connectivity index (χ3v) is 2.75. The molecule has 0 aliphatic carbocycles. The molecular formula is C12H12ClNO. The SMILES string of the molecule is O=C1CCN(CC=CCl)c2ccccc21. The quantitative estimate of drug-likeness (QED) is 0.766. The molecule has 0 amide bonds. The first-order chi connectivity index (χ1) is 7.33. The first-order valence-corrected chi connectivity index (χ1v) is 5.39. The number of Topliss-reactive ketones (excluding diaryl/α,β-unsaturated/α-hetero) is 1. The third kappa shape index (κ3) is 2.05. The number of carbonyl (C=O) groups excluding carboxylic acids is 1.